The number of rotatable bonds is 9. The van der Waals surface area contributed by atoms with Crippen molar-refractivity contribution in [1.29, 1.82) is 0 Å². The van der Waals surface area contributed by atoms with Gasteiger partial charge in [0, 0.05) is 5.75 Å². The van der Waals surface area contributed by atoms with Gasteiger partial charge in [-0.25, -0.2) is 0 Å². The summed E-state index contributed by atoms with van der Waals surface area (Å²) in [6.45, 7) is 3.04. The third kappa shape index (κ3) is 7.17. The number of hydrogen-bond acceptors (Lipinski definition) is 7. The summed E-state index contributed by atoms with van der Waals surface area (Å²) < 4.78 is 4.93. The first-order chi connectivity index (χ1) is 8.42. The van der Waals surface area contributed by atoms with Crippen LogP contribution < -0.4 is 0 Å². The van der Waals surface area contributed by atoms with Crippen molar-refractivity contribution in [1.82, 2.24) is 0 Å². The molecule has 18 heavy (non-hydrogen) atoms. The molecule has 0 aliphatic rings. The third-order valence-corrected chi connectivity index (χ3v) is 3.32. The Bertz CT molecular complexity index is 236. The minimum Gasteiger partial charge on any atom is -0.465 e. The Morgan fingerprint density at radius 1 is 1.22 bits per heavy atom. The van der Waals surface area contributed by atoms with Crippen LogP contribution in [0, 0.1) is 11.8 Å². The first kappa shape index (κ1) is 17.7. The van der Waals surface area contributed by atoms with Gasteiger partial charge in [-0.3, -0.25) is 4.79 Å². The lowest BCUT2D eigenvalue weighted by Crippen LogP contribution is -2.32. The lowest BCUT2D eigenvalue weighted by atomic mass is 10.2. The summed E-state index contributed by atoms with van der Waals surface area (Å²) in [6, 6.07) is 0. The zero-order chi connectivity index (χ0) is 14.1. The highest BCUT2D eigenvalue weighted by Gasteiger charge is 2.28. The van der Waals surface area contributed by atoms with Gasteiger partial charge in [-0.2, -0.15) is 0 Å². The fourth-order valence-corrected chi connectivity index (χ4v) is 1.97. The zero-order valence-electron chi connectivity index (χ0n) is 10.7. The molecule has 0 heterocycles. The molecule has 0 aromatic heterocycles. The Kier molecular flexibility index (Phi) is 9.39. The van der Waals surface area contributed by atoms with Crippen LogP contribution in [0.5, 0.6) is 0 Å². The van der Waals surface area contributed by atoms with Crippen LogP contribution >= 0.6 is 11.8 Å². The Morgan fingerprint density at radius 2 is 1.83 bits per heavy atom. The summed E-state index contributed by atoms with van der Waals surface area (Å²) in [5.41, 5.74) is -1.17. The molecule has 0 amide bonds. The number of hydrogen-bond donors (Lipinski definition) is 4. The van der Waals surface area contributed by atoms with E-state index in [1.54, 1.807) is 0 Å². The zero-order valence-corrected chi connectivity index (χ0v) is 11.5. The van der Waals surface area contributed by atoms with Crippen LogP contribution in [0.25, 0.3) is 0 Å². The average Bonchev–Trinajstić information content (AvgIpc) is 2.34. The van der Waals surface area contributed by atoms with Crippen molar-refractivity contribution >= 4 is 17.7 Å². The molecule has 3 atom stereocenters. The first-order valence-corrected chi connectivity index (χ1v) is 6.83. The van der Waals surface area contributed by atoms with Crippen LogP contribution in [0.3, 0.4) is 0 Å². The maximum absolute atomic E-state index is 11.6. The van der Waals surface area contributed by atoms with Crippen molar-refractivity contribution in [3.63, 3.8) is 0 Å². The van der Waals surface area contributed by atoms with E-state index in [0.717, 1.165) is 11.8 Å². The monoisotopic (exact) mass is 282 g/mol. The van der Waals surface area contributed by atoms with Crippen LogP contribution in [0.15, 0.2) is 0 Å². The molecule has 7 heteroatoms. The summed E-state index contributed by atoms with van der Waals surface area (Å²) >= 11 is 0.889. The Labute approximate surface area is 111 Å². The van der Waals surface area contributed by atoms with E-state index in [-0.39, 0.29) is 18.3 Å². The van der Waals surface area contributed by atoms with Crippen molar-refractivity contribution in [2.75, 3.05) is 25.6 Å². The van der Waals surface area contributed by atoms with Gasteiger partial charge < -0.3 is 25.2 Å². The van der Waals surface area contributed by atoms with Crippen molar-refractivity contribution in [2.24, 2.45) is 11.8 Å². The molecular formula is C11H22O6S. The molecule has 0 fully saturated rings. The summed E-state index contributed by atoms with van der Waals surface area (Å²) in [7, 11) is 0. The molecule has 0 aliphatic carbocycles. The number of aliphatic hydroxyl groups excluding tert-OH is 4. The van der Waals surface area contributed by atoms with Crippen LogP contribution in [0.4, 0.5) is 0 Å². The molecule has 0 aliphatic heterocycles. The molecule has 0 saturated carbocycles. The standard InChI is InChI=1S/C11H22O6S/c1-7(2)5-17-10(15)9(4-13)11(16)18-6-8(14)3-12/h7-9,11-14,16H,3-6H2,1-2H3. The van der Waals surface area contributed by atoms with Crippen molar-refractivity contribution in [3.05, 3.63) is 0 Å². The molecule has 0 saturated heterocycles. The van der Waals surface area contributed by atoms with Crippen LogP contribution in [-0.4, -0.2) is 63.5 Å². The van der Waals surface area contributed by atoms with Gasteiger partial charge in [0.1, 0.15) is 11.4 Å². The Morgan fingerprint density at radius 3 is 2.28 bits per heavy atom. The average molecular weight is 282 g/mol. The van der Waals surface area contributed by atoms with E-state index < -0.39 is 36.6 Å². The molecule has 0 radical (unpaired) electrons. The topological polar surface area (TPSA) is 107 Å². The highest BCUT2D eigenvalue weighted by atomic mass is 32.2. The predicted molar refractivity (Wildman–Crippen MR) is 67.9 cm³/mol. The molecule has 3 unspecified atom stereocenters. The maximum atomic E-state index is 11.6. The van der Waals surface area contributed by atoms with Crippen molar-refractivity contribution in [3.8, 4) is 0 Å². The Hall–Kier alpha value is -0.340. The molecule has 0 bridgehead atoms. The molecule has 0 spiro atoms. The quantitative estimate of drug-likeness (QED) is 0.324. The molecule has 0 aromatic rings. The van der Waals surface area contributed by atoms with Crippen LogP contribution in [-0.2, 0) is 9.53 Å². The van der Waals surface area contributed by atoms with Crippen molar-refractivity contribution < 1.29 is 30.0 Å². The fraction of sp³-hybridized carbons (Fsp3) is 0.909. The second-order valence-electron chi connectivity index (χ2n) is 4.37. The lowest BCUT2D eigenvalue weighted by Gasteiger charge is -2.20. The fourth-order valence-electron chi connectivity index (χ4n) is 1.02. The number of esters is 1. The molecule has 108 valence electrons. The van der Waals surface area contributed by atoms with E-state index >= 15 is 0 Å². The minimum absolute atomic E-state index is 0.0750. The van der Waals surface area contributed by atoms with E-state index in [4.69, 9.17) is 20.1 Å². The van der Waals surface area contributed by atoms with E-state index in [0.29, 0.717) is 0 Å². The predicted octanol–water partition coefficient (Wildman–Crippen LogP) is -0.801. The Balaban J connectivity index is 4.16. The maximum Gasteiger partial charge on any atom is 0.314 e. The second kappa shape index (κ2) is 9.57. The number of ether oxygens (including phenoxy) is 1. The van der Waals surface area contributed by atoms with E-state index in [1.807, 2.05) is 13.8 Å². The summed E-state index contributed by atoms with van der Waals surface area (Å²) in [5.74, 6) is -1.45. The molecular weight excluding hydrogens is 260 g/mol. The number of carbonyl (C=O) groups is 1. The van der Waals surface area contributed by atoms with Gasteiger partial charge in [0.25, 0.3) is 0 Å². The molecule has 6 nitrogen and oxygen atoms in total. The SMILES string of the molecule is CC(C)COC(=O)C(CO)C(O)SCC(O)CO. The molecule has 0 aromatic carbocycles. The first-order valence-electron chi connectivity index (χ1n) is 5.78. The highest BCUT2D eigenvalue weighted by Crippen LogP contribution is 2.19. The van der Waals surface area contributed by atoms with E-state index in [9.17, 15) is 9.90 Å². The number of carbonyl (C=O) groups excluding carboxylic acids is 1. The minimum atomic E-state index is -1.17. The number of thioether (sulfide) groups is 1. The van der Waals surface area contributed by atoms with Gasteiger partial charge >= 0.3 is 5.97 Å². The second-order valence-corrected chi connectivity index (χ2v) is 5.52. The number of aliphatic hydroxyl groups is 4. The van der Waals surface area contributed by atoms with Gasteiger partial charge in [-0.05, 0) is 5.92 Å². The van der Waals surface area contributed by atoms with Gasteiger partial charge in [-0.1, -0.05) is 13.8 Å². The summed E-state index contributed by atoms with van der Waals surface area (Å²) in [5, 5.41) is 36.5. The summed E-state index contributed by atoms with van der Waals surface area (Å²) in [4.78, 5) is 11.6. The van der Waals surface area contributed by atoms with Gasteiger partial charge in [0.05, 0.1) is 25.9 Å². The van der Waals surface area contributed by atoms with E-state index in [1.165, 1.54) is 0 Å². The normalized spacial score (nSPS) is 16.4. The third-order valence-electron chi connectivity index (χ3n) is 2.07. The molecule has 4 N–H and O–H groups in total. The largest absolute Gasteiger partial charge is 0.465 e. The lowest BCUT2D eigenvalue weighted by molar-refractivity contribution is -0.153. The van der Waals surface area contributed by atoms with Gasteiger partial charge in [-0.15, -0.1) is 11.8 Å². The smallest absolute Gasteiger partial charge is 0.314 e. The highest BCUT2D eigenvalue weighted by molar-refractivity contribution is 7.99. The molecule has 0 rings (SSSR count). The summed E-state index contributed by atoms with van der Waals surface area (Å²) in [6.07, 6.45) is -0.962. The van der Waals surface area contributed by atoms with Gasteiger partial charge in [0.15, 0.2) is 0 Å². The van der Waals surface area contributed by atoms with Crippen LogP contribution in [0.2, 0.25) is 0 Å². The van der Waals surface area contributed by atoms with Crippen LogP contribution in [0.1, 0.15) is 13.8 Å². The van der Waals surface area contributed by atoms with E-state index in [2.05, 4.69) is 0 Å². The van der Waals surface area contributed by atoms with Gasteiger partial charge in [0.2, 0.25) is 0 Å². The van der Waals surface area contributed by atoms with Crippen molar-refractivity contribution in [2.45, 2.75) is 25.4 Å².